The average Bonchev–Trinajstić information content (AvgIpc) is 2.66. The lowest BCUT2D eigenvalue weighted by molar-refractivity contribution is 0.345. The van der Waals surface area contributed by atoms with Crippen LogP contribution in [0.25, 0.3) is 0 Å². The summed E-state index contributed by atoms with van der Waals surface area (Å²) in [5.41, 5.74) is 1.46. The van der Waals surface area contributed by atoms with Crippen molar-refractivity contribution in [2.24, 2.45) is 0 Å². The van der Waals surface area contributed by atoms with Crippen LogP contribution < -0.4 is 5.32 Å². The molecule has 2 aliphatic rings. The van der Waals surface area contributed by atoms with Gasteiger partial charge in [-0.15, -0.1) is 0 Å². The fraction of sp³-hybridized carbons (Fsp3) is 0.750. The van der Waals surface area contributed by atoms with E-state index in [4.69, 9.17) is 0 Å². The zero-order valence-corrected chi connectivity index (χ0v) is 9.15. The Kier molecular flexibility index (Phi) is 2.49. The van der Waals surface area contributed by atoms with Gasteiger partial charge in [0.15, 0.2) is 0 Å². The van der Waals surface area contributed by atoms with Gasteiger partial charge >= 0.3 is 0 Å². The van der Waals surface area contributed by atoms with E-state index in [1.807, 2.05) is 0 Å². The number of hydrogen-bond donors (Lipinski definition) is 1. The van der Waals surface area contributed by atoms with Crippen molar-refractivity contribution in [3.8, 4) is 0 Å². The molecule has 2 heterocycles. The van der Waals surface area contributed by atoms with E-state index in [1.54, 1.807) is 0 Å². The van der Waals surface area contributed by atoms with Crippen LogP contribution in [0.15, 0.2) is 12.4 Å². The third-order valence-corrected chi connectivity index (χ3v) is 3.84. The molecule has 0 spiro atoms. The lowest BCUT2D eigenvalue weighted by Gasteiger charge is -2.25. The Morgan fingerprint density at radius 3 is 2.87 bits per heavy atom. The lowest BCUT2D eigenvalue weighted by atomic mass is 9.81. The fourth-order valence-corrected chi connectivity index (χ4v) is 2.56. The molecule has 1 aliphatic heterocycles. The number of piperidine rings is 1. The lowest BCUT2D eigenvalue weighted by Crippen LogP contribution is -2.31. The van der Waals surface area contributed by atoms with Crippen molar-refractivity contribution in [1.82, 2.24) is 15.1 Å². The number of nitrogens with one attached hydrogen (secondary N) is 1. The van der Waals surface area contributed by atoms with Crippen LogP contribution >= 0.6 is 0 Å². The Morgan fingerprint density at radius 1 is 1.27 bits per heavy atom. The largest absolute Gasteiger partial charge is 0.315 e. The highest BCUT2D eigenvalue weighted by atomic mass is 15.3. The number of aromatic nitrogens is 2. The first-order valence-corrected chi connectivity index (χ1v) is 6.18. The summed E-state index contributed by atoms with van der Waals surface area (Å²) in [6, 6.07) is 0.590. The maximum absolute atomic E-state index is 4.52. The zero-order chi connectivity index (χ0) is 10.1. The van der Waals surface area contributed by atoms with Gasteiger partial charge in [-0.1, -0.05) is 6.42 Å². The minimum absolute atomic E-state index is 0.590. The predicted molar refractivity (Wildman–Crippen MR) is 60.0 cm³/mol. The van der Waals surface area contributed by atoms with E-state index < -0.39 is 0 Å². The zero-order valence-electron chi connectivity index (χ0n) is 9.15. The van der Waals surface area contributed by atoms with Gasteiger partial charge in [0.2, 0.25) is 0 Å². The highest BCUT2D eigenvalue weighted by Crippen LogP contribution is 2.36. The molecule has 1 aromatic heterocycles. The van der Waals surface area contributed by atoms with Gasteiger partial charge < -0.3 is 5.32 Å². The van der Waals surface area contributed by atoms with Gasteiger partial charge in [-0.2, -0.15) is 5.10 Å². The Balaban J connectivity index is 1.71. The predicted octanol–water partition coefficient (Wildman–Crippen LogP) is 2.08. The van der Waals surface area contributed by atoms with Crippen LogP contribution in [-0.4, -0.2) is 22.9 Å². The van der Waals surface area contributed by atoms with Gasteiger partial charge in [-0.05, 0) is 43.7 Å². The third kappa shape index (κ3) is 1.81. The normalized spacial score (nSPS) is 27.6. The molecule has 0 radical (unpaired) electrons. The van der Waals surface area contributed by atoms with E-state index in [-0.39, 0.29) is 0 Å². The molecule has 3 rings (SSSR count). The van der Waals surface area contributed by atoms with Crippen molar-refractivity contribution in [3.63, 3.8) is 0 Å². The van der Waals surface area contributed by atoms with Crippen LogP contribution in [0.3, 0.4) is 0 Å². The molecule has 0 bridgehead atoms. The monoisotopic (exact) mass is 205 g/mol. The number of nitrogens with zero attached hydrogens (tertiary/aromatic N) is 2. The Labute approximate surface area is 90.9 Å². The smallest absolute Gasteiger partial charge is 0.0644 e. The maximum Gasteiger partial charge on any atom is 0.0644 e. The summed E-state index contributed by atoms with van der Waals surface area (Å²) in [5.74, 6) is 0.815. The van der Waals surface area contributed by atoms with Gasteiger partial charge in [-0.25, -0.2) is 0 Å². The van der Waals surface area contributed by atoms with E-state index in [0.717, 1.165) is 12.5 Å². The maximum atomic E-state index is 4.52. The molecule has 1 saturated carbocycles. The Morgan fingerprint density at radius 2 is 2.20 bits per heavy atom. The summed E-state index contributed by atoms with van der Waals surface area (Å²) in [6.45, 7) is 2.26. The molecule has 0 amide bonds. The van der Waals surface area contributed by atoms with Crippen molar-refractivity contribution < 1.29 is 0 Å². The second-order valence-corrected chi connectivity index (χ2v) is 4.88. The molecular weight excluding hydrogens is 186 g/mol. The Hall–Kier alpha value is -0.830. The molecule has 2 fully saturated rings. The minimum atomic E-state index is 0.590. The Bertz CT molecular complexity index is 321. The molecule has 0 aromatic carbocycles. The van der Waals surface area contributed by atoms with Gasteiger partial charge in [0.05, 0.1) is 12.2 Å². The molecule has 1 aliphatic carbocycles. The molecule has 15 heavy (non-hydrogen) atoms. The van der Waals surface area contributed by atoms with Crippen LogP contribution in [0.2, 0.25) is 0 Å². The van der Waals surface area contributed by atoms with Crippen LogP contribution in [0, 0.1) is 0 Å². The summed E-state index contributed by atoms with van der Waals surface area (Å²) < 4.78 is 2.18. The molecule has 1 atom stereocenters. The van der Waals surface area contributed by atoms with Crippen LogP contribution in [0.1, 0.15) is 49.6 Å². The summed E-state index contributed by atoms with van der Waals surface area (Å²) in [4.78, 5) is 0. The van der Waals surface area contributed by atoms with E-state index in [9.17, 15) is 0 Å². The SMILES string of the molecule is c1nn(C2CCCNC2)cc1C1CCC1. The van der Waals surface area contributed by atoms with E-state index >= 15 is 0 Å². The van der Waals surface area contributed by atoms with Crippen LogP contribution in [-0.2, 0) is 0 Å². The highest BCUT2D eigenvalue weighted by Gasteiger charge is 2.22. The minimum Gasteiger partial charge on any atom is -0.315 e. The molecule has 1 N–H and O–H groups in total. The van der Waals surface area contributed by atoms with E-state index in [0.29, 0.717) is 6.04 Å². The fourth-order valence-electron chi connectivity index (χ4n) is 2.56. The van der Waals surface area contributed by atoms with Crippen molar-refractivity contribution in [2.75, 3.05) is 13.1 Å². The highest BCUT2D eigenvalue weighted by molar-refractivity contribution is 5.14. The summed E-state index contributed by atoms with van der Waals surface area (Å²) >= 11 is 0. The van der Waals surface area contributed by atoms with Crippen molar-refractivity contribution in [2.45, 2.75) is 44.1 Å². The number of rotatable bonds is 2. The molecule has 3 nitrogen and oxygen atoms in total. The molecule has 1 aromatic rings. The van der Waals surface area contributed by atoms with Gasteiger partial charge in [0, 0.05) is 12.7 Å². The first-order valence-electron chi connectivity index (χ1n) is 6.18. The topological polar surface area (TPSA) is 29.9 Å². The quantitative estimate of drug-likeness (QED) is 0.801. The first-order chi connectivity index (χ1) is 7.43. The van der Waals surface area contributed by atoms with Gasteiger partial charge in [0.25, 0.3) is 0 Å². The average molecular weight is 205 g/mol. The van der Waals surface area contributed by atoms with Gasteiger partial charge in [-0.3, -0.25) is 4.68 Å². The van der Waals surface area contributed by atoms with E-state index in [1.165, 1.54) is 44.2 Å². The molecule has 1 saturated heterocycles. The van der Waals surface area contributed by atoms with Crippen molar-refractivity contribution >= 4 is 0 Å². The molecule has 1 unspecified atom stereocenters. The molecular formula is C12H19N3. The number of hydrogen-bond acceptors (Lipinski definition) is 2. The first kappa shape index (κ1) is 9.40. The molecule has 82 valence electrons. The summed E-state index contributed by atoms with van der Waals surface area (Å²) in [7, 11) is 0. The van der Waals surface area contributed by atoms with Gasteiger partial charge in [0.1, 0.15) is 0 Å². The van der Waals surface area contributed by atoms with Crippen molar-refractivity contribution in [1.29, 1.82) is 0 Å². The molecule has 3 heteroatoms. The summed E-state index contributed by atoms with van der Waals surface area (Å²) in [6.07, 6.45) is 11.1. The van der Waals surface area contributed by atoms with Crippen molar-refractivity contribution in [3.05, 3.63) is 18.0 Å². The summed E-state index contributed by atoms with van der Waals surface area (Å²) in [5, 5.41) is 7.96. The van der Waals surface area contributed by atoms with E-state index in [2.05, 4.69) is 27.5 Å². The van der Waals surface area contributed by atoms with Crippen LogP contribution in [0.4, 0.5) is 0 Å². The second-order valence-electron chi connectivity index (χ2n) is 4.88. The standard InChI is InChI=1S/C12H19N3/c1-3-10(4-1)11-7-14-15(9-11)12-5-2-6-13-8-12/h7,9-10,12-13H,1-6,8H2. The second kappa shape index (κ2) is 3.97. The third-order valence-electron chi connectivity index (χ3n) is 3.84. The van der Waals surface area contributed by atoms with Crippen LogP contribution in [0.5, 0.6) is 0 Å².